The van der Waals surface area contributed by atoms with E-state index in [9.17, 15) is 22.8 Å². The Morgan fingerprint density at radius 2 is 1.50 bits per heavy atom. The van der Waals surface area contributed by atoms with Crippen LogP contribution >= 0.6 is 23.2 Å². The van der Waals surface area contributed by atoms with Crippen molar-refractivity contribution < 1.29 is 22.8 Å². The molecule has 0 bridgehead atoms. The molecule has 0 N–H and O–H groups in total. The quantitative estimate of drug-likeness (QED) is 0.528. The van der Waals surface area contributed by atoms with Crippen LogP contribution in [-0.4, -0.2) is 55.1 Å². The Hall–Kier alpha value is -2.45. The number of rotatable bonds is 4. The van der Waals surface area contributed by atoms with Gasteiger partial charge < -0.3 is 9.80 Å². The van der Waals surface area contributed by atoms with E-state index in [1.807, 2.05) is 11.0 Å². The molecule has 1 fully saturated rings. The van der Waals surface area contributed by atoms with Crippen molar-refractivity contribution in [3.05, 3.63) is 58.6 Å². The van der Waals surface area contributed by atoms with E-state index in [0.717, 1.165) is 5.69 Å². The van der Waals surface area contributed by atoms with E-state index in [4.69, 9.17) is 23.2 Å². The second-order valence-corrected chi connectivity index (χ2v) is 10.0. The van der Waals surface area contributed by atoms with Crippen LogP contribution < -0.4 is 9.80 Å². The summed E-state index contributed by atoms with van der Waals surface area (Å²) in [7, 11) is 0. The Balaban J connectivity index is 1.88. The zero-order valence-corrected chi connectivity index (χ0v) is 20.6. The minimum atomic E-state index is -5.13. The average molecular weight is 516 g/mol. The first-order chi connectivity index (χ1) is 15.8. The maximum Gasteiger partial charge on any atom is 0.471 e. The molecule has 0 aromatic heterocycles. The molecule has 0 aliphatic carbocycles. The van der Waals surface area contributed by atoms with Gasteiger partial charge in [0.1, 0.15) is 6.04 Å². The minimum Gasteiger partial charge on any atom is -0.368 e. The van der Waals surface area contributed by atoms with E-state index in [-0.39, 0.29) is 18.8 Å². The van der Waals surface area contributed by atoms with Crippen molar-refractivity contribution in [2.45, 2.75) is 33.0 Å². The monoisotopic (exact) mass is 515 g/mol. The molecule has 10 heteroatoms. The van der Waals surface area contributed by atoms with Gasteiger partial charge >= 0.3 is 12.1 Å². The van der Waals surface area contributed by atoms with Crippen LogP contribution in [0.4, 0.5) is 24.5 Å². The number of hydrogen-bond donors (Lipinski definition) is 0. The van der Waals surface area contributed by atoms with Gasteiger partial charge in [0.15, 0.2) is 0 Å². The topological polar surface area (TPSA) is 43.9 Å². The number of carbonyl (C=O) groups is 2. The number of halogens is 5. The van der Waals surface area contributed by atoms with Gasteiger partial charge in [-0.2, -0.15) is 13.2 Å². The van der Waals surface area contributed by atoms with Gasteiger partial charge in [0, 0.05) is 37.6 Å². The summed E-state index contributed by atoms with van der Waals surface area (Å²) >= 11 is 12.1. The van der Waals surface area contributed by atoms with Gasteiger partial charge in [0.25, 0.3) is 0 Å². The summed E-state index contributed by atoms with van der Waals surface area (Å²) in [6.07, 6.45) is -5.13. The van der Waals surface area contributed by atoms with Crippen LogP contribution in [0.5, 0.6) is 0 Å². The Bertz CT molecular complexity index is 1030. The Morgan fingerprint density at radius 1 is 0.912 bits per heavy atom. The van der Waals surface area contributed by atoms with Crippen molar-refractivity contribution in [2.75, 3.05) is 36.0 Å². The predicted octanol–water partition coefficient (Wildman–Crippen LogP) is 5.65. The molecule has 2 aromatic carbocycles. The number of piperazine rings is 1. The number of hydrogen-bond acceptors (Lipinski definition) is 3. The Labute approximate surface area is 207 Å². The number of para-hydroxylation sites is 1. The van der Waals surface area contributed by atoms with Gasteiger partial charge in [-0.15, -0.1) is 0 Å². The number of amides is 2. The van der Waals surface area contributed by atoms with Crippen molar-refractivity contribution >= 4 is 46.4 Å². The molecule has 1 aliphatic heterocycles. The van der Waals surface area contributed by atoms with E-state index in [1.54, 1.807) is 39.0 Å². The first-order valence-electron chi connectivity index (χ1n) is 10.7. The van der Waals surface area contributed by atoms with E-state index in [1.165, 1.54) is 29.2 Å². The first-order valence-corrected chi connectivity index (χ1v) is 11.5. The van der Waals surface area contributed by atoms with Gasteiger partial charge in [0.2, 0.25) is 5.91 Å². The molecule has 0 saturated carbocycles. The third kappa shape index (κ3) is 5.78. The third-order valence-corrected chi connectivity index (χ3v) is 6.41. The van der Waals surface area contributed by atoms with E-state index >= 15 is 0 Å². The number of nitrogens with zero attached hydrogens (tertiary/aromatic N) is 3. The highest BCUT2D eigenvalue weighted by atomic mass is 35.5. The van der Waals surface area contributed by atoms with E-state index in [0.29, 0.717) is 28.0 Å². The summed E-state index contributed by atoms with van der Waals surface area (Å²) in [5, 5.41) is 0.845. The van der Waals surface area contributed by atoms with Gasteiger partial charge in [-0.25, -0.2) is 0 Å². The summed E-state index contributed by atoms with van der Waals surface area (Å²) in [5.41, 5.74) is -0.103. The molecule has 0 radical (unpaired) electrons. The number of alkyl halides is 3. The fraction of sp³-hybridized carbons (Fsp3) is 0.417. The largest absolute Gasteiger partial charge is 0.471 e. The molecule has 0 spiro atoms. The van der Waals surface area contributed by atoms with Crippen molar-refractivity contribution in [1.82, 2.24) is 4.90 Å². The van der Waals surface area contributed by atoms with Crippen molar-refractivity contribution in [1.29, 1.82) is 0 Å². The van der Waals surface area contributed by atoms with Gasteiger partial charge in [-0.05, 0) is 35.7 Å². The molecule has 3 rings (SSSR count). The first kappa shape index (κ1) is 26.2. The zero-order chi connectivity index (χ0) is 25.3. The summed E-state index contributed by atoms with van der Waals surface area (Å²) in [4.78, 5) is 30.3. The lowest BCUT2D eigenvalue weighted by molar-refractivity contribution is -0.172. The zero-order valence-electron chi connectivity index (χ0n) is 19.1. The smallest absolute Gasteiger partial charge is 0.368 e. The molecule has 1 atom stereocenters. The highest BCUT2D eigenvalue weighted by Crippen LogP contribution is 2.34. The summed E-state index contributed by atoms with van der Waals surface area (Å²) in [6, 6.07) is 11.4. The van der Waals surface area contributed by atoms with E-state index in [2.05, 4.69) is 0 Å². The summed E-state index contributed by atoms with van der Waals surface area (Å²) < 4.78 is 40.8. The highest BCUT2D eigenvalue weighted by Gasteiger charge is 2.50. The molecule has 5 nitrogen and oxygen atoms in total. The molecule has 184 valence electrons. The van der Waals surface area contributed by atoms with Crippen LogP contribution in [0.15, 0.2) is 48.5 Å². The molecule has 2 aromatic rings. The van der Waals surface area contributed by atoms with Crippen LogP contribution in [0.3, 0.4) is 0 Å². The lowest BCUT2D eigenvalue weighted by Crippen LogP contribution is -2.61. The lowest BCUT2D eigenvalue weighted by Gasteiger charge is -2.44. The number of anilines is 2. The van der Waals surface area contributed by atoms with Crippen molar-refractivity contribution in [3.63, 3.8) is 0 Å². The van der Waals surface area contributed by atoms with Crippen LogP contribution in [-0.2, 0) is 9.59 Å². The maximum absolute atomic E-state index is 13.6. The second-order valence-electron chi connectivity index (χ2n) is 9.19. The normalized spacial score (nSPS) is 15.8. The van der Waals surface area contributed by atoms with Crippen LogP contribution in [0.25, 0.3) is 0 Å². The van der Waals surface area contributed by atoms with Gasteiger partial charge in [0.05, 0.1) is 10.0 Å². The standard InChI is InChI=1S/C24H26Cl2F3N3O2/c1-23(2,3)20(32(22(34)24(27,28)29)16-7-5-4-6-8-16)21(33)31-13-11-30(12-14-31)17-9-10-18(25)19(26)15-17/h4-10,15,20H,11-14H2,1-3H3. The van der Waals surface area contributed by atoms with Crippen molar-refractivity contribution in [2.24, 2.45) is 5.41 Å². The average Bonchev–Trinajstić information content (AvgIpc) is 2.77. The molecule has 34 heavy (non-hydrogen) atoms. The van der Waals surface area contributed by atoms with Crippen LogP contribution in [0.1, 0.15) is 20.8 Å². The van der Waals surface area contributed by atoms with Crippen LogP contribution in [0, 0.1) is 5.41 Å². The lowest BCUT2D eigenvalue weighted by atomic mass is 9.84. The fourth-order valence-electron chi connectivity index (χ4n) is 4.02. The molecular formula is C24H26Cl2F3N3O2. The minimum absolute atomic E-state index is 0.0209. The van der Waals surface area contributed by atoms with Crippen molar-refractivity contribution in [3.8, 4) is 0 Å². The highest BCUT2D eigenvalue weighted by molar-refractivity contribution is 6.42. The van der Waals surface area contributed by atoms with Gasteiger partial charge in [-0.1, -0.05) is 62.2 Å². The van der Waals surface area contributed by atoms with E-state index < -0.39 is 29.4 Å². The van der Waals surface area contributed by atoms with Crippen LogP contribution in [0.2, 0.25) is 10.0 Å². The number of benzene rings is 2. The third-order valence-electron chi connectivity index (χ3n) is 5.67. The number of carbonyl (C=O) groups excluding carboxylic acids is 2. The SMILES string of the molecule is CC(C)(C)C(C(=O)N1CCN(c2ccc(Cl)c(Cl)c2)CC1)N(C(=O)C(F)(F)F)c1ccccc1. The summed E-state index contributed by atoms with van der Waals surface area (Å²) in [6.45, 7) is 6.45. The Kier molecular flexibility index (Phi) is 7.72. The molecule has 2 amide bonds. The Morgan fingerprint density at radius 3 is 2.00 bits per heavy atom. The summed E-state index contributed by atoms with van der Waals surface area (Å²) in [5.74, 6) is -2.59. The molecule has 1 heterocycles. The molecular weight excluding hydrogens is 490 g/mol. The molecule has 1 aliphatic rings. The maximum atomic E-state index is 13.6. The van der Waals surface area contributed by atoms with Gasteiger partial charge in [-0.3, -0.25) is 14.5 Å². The molecule has 1 saturated heterocycles. The predicted molar refractivity (Wildman–Crippen MR) is 128 cm³/mol. The molecule has 1 unspecified atom stereocenters. The fourth-order valence-corrected chi connectivity index (χ4v) is 4.31. The second kappa shape index (κ2) is 10.0.